The predicted molar refractivity (Wildman–Crippen MR) is 58.5 cm³/mol. The molecule has 0 saturated heterocycles. The molecule has 0 aromatic carbocycles. The van der Waals surface area contributed by atoms with Crippen molar-refractivity contribution in [3.63, 3.8) is 0 Å². The third kappa shape index (κ3) is 6.58. The first-order valence-corrected chi connectivity index (χ1v) is 8.37. The Morgan fingerprint density at radius 1 is 1.38 bits per heavy atom. The van der Waals surface area contributed by atoms with Crippen molar-refractivity contribution < 1.29 is 9.53 Å². The highest BCUT2D eigenvalue weighted by molar-refractivity contribution is 6.76. The quantitative estimate of drug-likeness (QED) is 0.396. The summed E-state index contributed by atoms with van der Waals surface area (Å²) in [5.41, 5.74) is 0.690. The SMILES string of the molecule is C/C=C(\C)C(=O)OCC[Si](C)(C)C. The second-order valence-corrected chi connectivity index (χ2v) is 10.0. The molecule has 0 radical (unpaired) electrons. The molecule has 0 saturated carbocycles. The van der Waals surface area contributed by atoms with E-state index in [-0.39, 0.29) is 5.97 Å². The molecule has 2 nitrogen and oxygen atoms in total. The van der Waals surface area contributed by atoms with Gasteiger partial charge in [0.15, 0.2) is 0 Å². The lowest BCUT2D eigenvalue weighted by molar-refractivity contribution is -0.138. The number of ether oxygens (including phenoxy) is 1. The van der Waals surface area contributed by atoms with Gasteiger partial charge in [0.25, 0.3) is 0 Å². The highest BCUT2D eigenvalue weighted by Crippen LogP contribution is 2.08. The van der Waals surface area contributed by atoms with Crippen LogP contribution < -0.4 is 0 Å². The van der Waals surface area contributed by atoms with Crippen LogP contribution in [0.5, 0.6) is 0 Å². The van der Waals surface area contributed by atoms with Crippen LogP contribution >= 0.6 is 0 Å². The number of allylic oxidation sites excluding steroid dienone is 1. The van der Waals surface area contributed by atoms with Gasteiger partial charge in [-0.05, 0) is 19.9 Å². The van der Waals surface area contributed by atoms with Crippen LogP contribution in [-0.2, 0) is 9.53 Å². The van der Waals surface area contributed by atoms with Crippen molar-refractivity contribution in [2.75, 3.05) is 6.61 Å². The second-order valence-electron chi connectivity index (χ2n) is 4.42. The van der Waals surface area contributed by atoms with Gasteiger partial charge < -0.3 is 4.74 Å². The smallest absolute Gasteiger partial charge is 0.333 e. The van der Waals surface area contributed by atoms with Gasteiger partial charge in [0.1, 0.15) is 0 Å². The van der Waals surface area contributed by atoms with Crippen LogP contribution in [0, 0.1) is 0 Å². The molecule has 0 aliphatic carbocycles. The van der Waals surface area contributed by atoms with E-state index in [0.717, 1.165) is 6.04 Å². The van der Waals surface area contributed by atoms with Gasteiger partial charge >= 0.3 is 5.97 Å². The van der Waals surface area contributed by atoms with E-state index in [1.54, 1.807) is 13.0 Å². The number of rotatable bonds is 4. The fourth-order valence-corrected chi connectivity index (χ4v) is 1.40. The van der Waals surface area contributed by atoms with E-state index < -0.39 is 8.07 Å². The first kappa shape index (κ1) is 12.4. The van der Waals surface area contributed by atoms with Crippen molar-refractivity contribution in [1.82, 2.24) is 0 Å². The maximum absolute atomic E-state index is 11.2. The zero-order chi connectivity index (χ0) is 10.5. The molecule has 0 aromatic rings. The first-order valence-electron chi connectivity index (χ1n) is 4.67. The predicted octanol–water partition coefficient (Wildman–Crippen LogP) is 2.83. The summed E-state index contributed by atoms with van der Waals surface area (Å²) in [7, 11) is -1.07. The number of esters is 1. The van der Waals surface area contributed by atoms with Crippen LogP contribution in [-0.4, -0.2) is 20.7 Å². The Kier molecular flexibility index (Phi) is 4.99. The molecule has 0 N–H and O–H groups in total. The van der Waals surface area contributed by atoms with E-state index in [9.17, 15) is 4.79 Å². The molecule has 0 bridgehead atoms. The molecule has 13 heavy (non-hydrogen) atoms. The van der Waals surface area contributed by atoms with Gasteiger partial charge in [-0.2, -0.15) is 0 Å². The summed E-state index contributed by atoms with van der Waals surface area (Å²) < 4.78 is 5.10. The number of carbonyl (C=O) groups excluding carboxylic acids is 1. The Morgan fingerprint density at radius 2 is 1.92 bits per heavy atom. The van der Waals surface area contributed by atoms with E-state index in [1.165, 1.54) is 0 Å². The molecule has 0 fully saturated rings. The topological polar surface area (TPSA) is 26.3 Å². The van der Waals surface area contributed by atoms with Gasteiger partial charge in [-0.15, -0.1) is 0 Å². The highest BCUT2D eigenvalue weighted by atomic mass is 28.3. The van der Waals surface area contributed by atoms with Crippen molar-refractivity contribution in [2.24, 2.45) is 0 Å². The molecule has 0 spiro atoms. The summed E-state index contributed by atoms with van der Waals surface area (Å²) in [6.45, 7) is 11.0. The van der Waals surface area contributed by atoms with E-state index in [0.29, 0.717) is 12.2 Å². The number of hydrogen-bond donors (Lipinski definition) is 0. The van der Waals surface area contributed by atoms with Gasteiger partial charge in [0, 0.05) is 13.6 Å². The Hall–Kier alpha value is -0.573. The molecule has 76 valence electrons. The largest absolute Gasteiger partial charge is 0.463 e. The monoisotopic (exact) mass is 200 g/mol. The van der Waals surface area contributed by atoms with Gasteiger partial charge in [0.05, 0.1) is 6.61 Å². The van der Waals surface area contributed by atoms with Gasteiger partial charge in [0.2, 0.25) is 0 Å². The van der Waals surface area contributed by atoms with Crippen molar-refractivity contribution in [1.29, 1.82) is 0 Å². The van der Waals surface area contributed by atoms with E-state index in [2.05, 4.69) is 19.6 Å². The van der Waals surface area contributed by atoms with Crippen molar-refractivity contribution in [3.8, 4) is 0 Å². The first-order chi connectivity index (χ1) is 5.87. The Bertz CT molecular complexity index is 201. The number of hydrogen-bond acceptors (Lipinski definition) is 2. The average molecular weight is 200 g/mol. The minimum atomic E-state index is -1.07. The van der Waals surface area contributed by atoms with Crippen LogP contribution in [0.15, 0.2) is 11.6 Å². The van der Waals surface area contributed by atoms with Crippen molar-refractivity contribution >= 4 is 14.0 Å². The molecule has 0 aliphatic rings. The molecule has 0 unspecified atom stereocenters. The maximum atomic E-state index is 11.2. The lowest BCUT2D eigenvalue weighted by Gasteiger charge is -2.15. The minimum Gasteiger partial charge on any atom is -0.463 e. The highest BCUT2D eigenvalue weighted by Gasteiger charge is 2.13. The molecule has 0 aliphatic heterocycles. The van der Waals surface area contributed by atoms with Crippen LogP contribution in [0.25, 0.3) is 0 Å². The zero-order valence-electron chi connectivity index (χ0n) is 9.31. The molecule has 0 atom stereocenters. The fraction of sp³-hybridized carbons (Fsp3) is 0.700. The standard InChI is InChI=1S/C10H20O2Si/c1-6-9(2)10(11)12-7-8-13(3,4)5/h6H,7-8H2,1-5H3/b9-6+. The van der Waals surface area contributed by atoms with E-state index in [4.69, 9.17) is 4.74 Å². The summed E-state index contributed by atoms with van der Waals surface area (Å²) in [5, 5.41) is 0. The van der Waals surface area contributed by atoms with Crippen LogP contribution in [0.4, 0.5) is 0 Å². The molecule has 0 heterocycles. The summed E-state index contributed by atoms with van der Waals surface area (Å²) >= 11 is 0. The summed E-state index contributed by atoms with van der Waals surface area (Å²) in [4.78, 5) is 11.2. The van der Waals surface area contributed by atoms with Crippen LogP contribution in [0.3, 0.4) is 0 Å². The summed E-state index contributed by atoms with van der Waals surface area (Å²) in [5.74, 6) is -0.180. The average Bonchev–Trinajstić information content (AvgIpc) is 2.00. The Labute approximate surface area is 82.0 Å². The normalized spacial score (nSPS) is 12.8. The molecule has 0 aromatic heterocycles. The number of carbonyl (C=O) groups is 1. The van der Waals surface area contributed by atoms with Crippen molar-refractivity contribution in [3.05, 3.63) is 11.6 Å². The minimum absolute atomic E-state index is 0.180. The Balaban J connectivity index is 3.73. The summed E-state index contributed by atoms with van der Waals surface area (Å²) in [6.07, 6.45) is 1.77. The van der Waals surface area contributed by atoms with E-state index in [1.807, 2.05) is 6.92 Å². The molecular formula is C10H20O2Si. The maximum Gasteiger partial charge on any atom is 0.333 e. The van der Waals surface area contributed by atoms with Crippen LogP contribution in [0.1, 0.15) is 13.8 Å². The fourth-order valence-electron chi connectivity index (χ4n) is 0.682. The van der Waals surface area contributed by atoms with Gasteiger partial charge in [-0.25, -0.2) is 4.79 Å². The van der Waals surface area contributed by atoms with Crippen molar-refractivity contribution in [2.45, 2.75) is 39.5 Å². The molecule has 0 rings (SSSR count). The zero-order valence-corrected chi connectivity index (χ0v) is 10.3. The Morgan fingerprint density at radius 3 is 2.31 bits per heavy atom. The van der Waals surface area contributed by atoms with E-state index >= 15 is 0 Å². The second kappa shape index (κ2) is 5.22. The molecule has 3 heteroatoms. The van der Waals surface area contributed by atoms with Gasteiger partial charge in [-0.1, -0.05) is 25.7 Å². The van der Waals surface area contributed by atoms with Crippen LogP contribution in [0.2, 0.25) is 25.7 Å². The lowest BCUT2D eigenvalue weighted by Crippen LogP contribution is -2.22. The third-order valence-corrected chi connectivity index (χ3v) is 3.54. The third-order valence-electron chi connectivity index (χ3n) is 1.84. The molecular weight excluding hydrogens is 180 g/mol. The van der Waals surface area contributed by atoms with Gasteiger partial charge in [-0.3, -0.25) is 0 Å². The molecule has 0 amide bonds. The lowest BCUT2D eigenvalue weighted by atomic mass is 10.3. The summed E-state index contributed by atoms with van der Waals surface area (Å²) in [6, 6.07) is 1.04.